The van der Waals surface area contributed by atoms with Crippen molar-refractivity contribution in [3.05, 3.63) is 46.7 Å². The van der Waals surface area contributed by atoms with Gasteiger partial charge in [-0.15, -0.1) is 0 Å². The molecule has 4 heterocycles. The van der Waals surface area contributed by atoms with E-state index in [-0.39, 0.29) is 6.54 Å². The van der Waals surface area contributed by atoms with Crippen LogP contribution in [0.2, 0.25) is 0 Å². The SMILES string of the molecule is O=C(c1c(F)cccc1F)N1CCc2nc(N3CCCC3)nc(N3CCCC3)c2C1. The molecule has 5 rings (SSSR count). The van der Waals surface area contributed by atoms with Crippen molar-refractivity contribution in [3.8, 4) is 0 Å². The quantitative estimate of drug-likeness (QED) is 0.774. The van der Waals surface area contributed by atoms with Gasteiger partial charge in [-0.3, -0.25) is 4.79 Å². The first-order valence-electron chi connectivity index (χ1n) is 10.7. The molecule has 0 aliphatic carbocycles. The van der Waals surface area contributed by atoms with E-state index >= 15 is 0 Å². The highest BCUT2D eigenvalue weighted by Gasteiger charge is 2.32. The van der Waals surface area contributed by atoms with E-state index < -0.39 is 23.1 Å². The minimum absolute atomic E-state index is 0.272. The molecule has 158 valence electrons. The molecule has 1 aromatic heterocycles. The van der Waals surface area contributed by atoms with E-state index in [4.69, 9.17) is 9.97 Å². The molecule has 3 aliphatic rings. The van der Waals surface area contributed by atoms with Crippen molar-refractivity contribution in [2.45, 2.75) is 38.6 Å². The number of aromatic nitrogens is 2. The lowest BCUT2D eigenvalue weighted by atomic mass is 10.0. The van der Waals surface area contributed by atoms with E-state index in [0.717, 1.165) is 87.0 Å². The van der Waals surface area contributed by atoms with Gasteiger partial charge in [0, 0.05) is 44.7 Å². The fourth-order valence-corrected chi connectivity index (χ4v) is 4.67. The van der Waals surface area contributed by atoms with Crippen LogP contribution in [0.1, 0.15) is 47.3 Å². The molecule has 0 saturated carbocycles. The Morgan fingerprint density at radius 1 is 0.867 bits per heavy atom. The third-order valence-electron chi connectivity index (χ3n) is 6.28. The first kappa shape index (κ1) is 19.2. The highest BCUT2D eigenvalue weighted by Crippen LogP contribution is 2.32. The van der Waals surface area contributed by atoms with Crippen molar-refractivity contribution in [2.24, 2.45) is 0 Å². The van der Waals surface area contributed by atoms with Gasteiger partial charge in [-0.1, -0.05) is 6.07 Å². The summed E-state index contributed by atoms with van der Waals surface area (Å²) in [5.74, 6) is -0.622. The van der Waals surface area contributed by atoms with Gasteiger partial charge < -0.3 is 14.7 Å². The number of anilines is 2. The molecule has 0 atom stereocenters. The van der Waals surface area contributed by atoms with E-state index in [2.05, 4.69) is 9.80 Å². The molecule has 2 fully saturated rings. The van der Waals surface area contributed by atoms with Gasteiger partial charge in [0.25, 0.3) is 5.91 Å². The first-order valence-corrected chi connectivity index (χ1v) is 10.7. The van der Waals surface area contributed by atoms with Crippen LogP contribution >= 0.6 is 0 Å². The molecule has 0 bridgehead atoms. The molecule has 1 amide bonds. The van der Waals surface area contributed by atoms with Gasteiger partial charge in [0.2, 0.25) is 5.95 Å². The van der Waals surface area contributed by atoms with Gasteiger partial charge >= 0.3 is 0 Å². The van der Waals surface area contributed by atoms with Gasteiger partial charge in [0.05, 0.1) is 12.2 Å². The summed E-state index contributed by atoms with van der Waals surface area (Å²) in [6.07, 6.45) is 5.08. The second-order valence-corrected chi connectivity index (χ2v) is 8.23. The zero-order valence-electron chi connectivity index (χ0n) is 16.9. The van der Waals surface area contributed by atoms with Crippen LogP contribution in [-0.2, 0) is 13.0 Å². The number of fused-ring (bicyclic) bond motifs is 1. The molecule has 0 spiro atoms. The highest BCUT2D eigenvalue weighted by atomic mass is 19.1. The van der Waals surface area contributed by atoms with E-state index in [1.165, 1.54) is 11.0 Å². The van der Waals surface area contributed by atoms with Crippen molar-refractivity contribution in [1.29, 1.82) is 0 Å². The monoisotopic (exact) mass is 413 g/mol. The summed E-state index contributed by atoms with van der Waals surface area (Å²) in [7, 11) is 0. The molecule has 0 N–H and O–H groups in total. The Kier molecular flexibility index (Phi) is 5.00. The Balaban J connectivity index is 1.50. The highest BCUT2D eigenvalue weighted by molar-refractivity contribution is 5.95. The van der Waals surface area contributed by atoms with Crippen LogP contribution in [0, 0.1) is 11.6 Å². The van der Waals surface area contributed by atoms with Gasteiger partial charge in [-0.25, -0.2) is 13.8 Å². The van der Waals surface area contributed by atoms with Crippen LogP contribution in [0.4, 0.5) is 20.5 Å². The Labute approximate surface area is 174 Å². The standard InChI is InChI=1S/C22H25F2N5O/c23-16-6-5-7-17(24)19(16)21(30)29-13-8-18-15(14-29)20(27-9-1-2-10-27)26-22(25-18)28-11-3-4-12-28/h5-7H,1-4,8-14H2. The molecular weight excluding hydrogens is 388 g/mol. The molecule has 2 saturated heterocycles. The van der Waals surface area contributed by atoms with Crippen LogP contribution in [0.3, 0.4) is 0 Å². The number of rotatable bonds is 3. The molecule has 6 nitrogen and oxygen atoms in total. The number of hydrogen-bond donors (Lipinski definition) is 0. The van der Waals surface area contributed by atoms with Gasteiger partial charge in [0.15, 0.2) is 0 Å². The number of nitrogens with zero attached hydrogens (tertiary/aromatic N) is 5. The minimum atomic E-state index is -0.828. The Morgan fingerprint density at radius 3 is 2.17 bits per heavy atom. The number of halogens is 2. The summed E-state index contributed by atoms with van der Waals surface area (Å²) >= 11 is 0. The maximum atomic E-state index is 14.2. The predicted molar refractivity (Wildman–Crippen MR) is 110 cm³/mol. The Hall–Kier alpha value is -2.77. The number of hydrogen-bond acceptors (Lipinski definition) is 5. The summed E-state index contributed by atoms with van der Waals surface area (Å²) in [6.45, 7) is 4.45. The zero-order chi connectivity index (χ0) is 20.7. The van der Waals surface area contributed by atoms with Crippen molar-refractivity contribution in [3.63, 3.8) is 0 Å². The fourth-order valence-electron chi connectivity index (χ4n) is 4.67. The van der Waals surface area contributed by atoms with Crippen LogP contribution in [0.5, 0.6) is 0 Å². The smallest absolute Gasteiger partial charge is 0.260 e. The number of amides is 1. The molecule has 2 aromatic rings. The lowest BCUT2D eigenvalue weighted by Crippen LogP contribution is -2.39. The third kappa shape index (κ3) is 3.38. The second-order valence-electron chi connectivity index (χ2n) is 8.23. The van der Waals surface area contributed by atoms with E-state index in [1.54, 1.807) is 0 Å². The summed E-state index contributed by atoms with van der Waals surface area (Å²) in [4.78, 5) is 28.7. The molecule has 1 aromatic carbocycles. The zero-order valence-corrected chi connectivity index (χ0v) is 16.9. The van der Waals surface area contributed by atoms with E-state index in [1.807, 2.05) is 0 Å². The van der Waals surface area contributed by atoms with Crippen LogP contribution < -0.4 is 9.80 Å². The topological polar surface area (TPSA) is 52.6 Å². The largest absolute Gasteiger partial charge is 0.356 e. The van der Waals surface area contributed by atoms with Gasteiger partial charge in [0.1, 0.15) is 23.0 Å². The molecule has 3 aliphatic heterocycles. The number of carbonyl (C=O) groups is 1. The summed E-state index contributed by atoms with van der Waals surface area (Å²) in [6, 6.07) is 3.51. The Morgan fingerprint density at radius 2 is 1.50 bits per heavy atom. The fraction of sp³-hybridized carbons (Fsp3) is 0.500. The van der Waals surface area contributed by atoms with Crippen molar-refractivity contribution in [1.82, 2.24) is 14.9 Å². The maximum Gasteiger partial charge on any atom is 0.260 e. The number of benzene rings is 1. The second kappa shape index (κ2) is 7.81. The van der Waals surface area contributed by atoms with Crippen molar-refractivity contribution in [2.75, 3.05) is 42.5 Å². The molecule has 30 heavy (non-hydrogen) atoms. The molecule has 8 heteroatoms. The van der Waals surface area contributed by atoms with Crippen molar-refractivity contribution < 1.29 is 13.6 Å². The average Bonchev–Trinajstić information content (AvgIpc) is 3.46. The van der Waals surface area contributed by atoms with Crippen LogP contribution in [0.15, 0.2) is 18.2 Å². The summed E-state index contributed by atoms with van der Waals surface area (Å²) in [5, 5.41) is 0. The molecule has 0 unspecified atom stereocenters. The van der Waals surface area contributed by atoms with E-state index in [9.17, 15) is 13.6 Å². The van der Waals surface area contributed by atoms with Crippen LogP contribution in [-0.4, -0.2) is 53.5 Å². The first-order chi connectivity index (χ1) is 14.6. The lowest BCUT2D eigenvalue weighted by molar-refractivity contribution is 0.0723. The average molecular weight is 413 g/mol. The third-order valence-corrected chi connectivity index (χ3v) is 6.28. The van der Waals surface area contributed by atoms with E-state index in [0.29, 0.717) is 13.0 Å². The normalized spacial score (nSPS) is 18.8. The maximum absolute atomic E-state index is 14.2. The van der Waals surface area contributed by atoms with Crippen LogP contribution in [0.25, 0.3) is 0 Å². The van der Waals surface area contributed by atoms with Gasteiger partial charge in [-0.2, -0.15) is 4.98 Å². The lowest BCUT2D eigenvalue weighted by Gasteiger charge is -2.32. The van der Waals surface area contributed by atoms with Crippen molar-refractivity contribution >= 4 is 17.7 Å². The predicted octanol–water partition coefficient (Wildman–Crippen LogP) is 3.15. The summed E-state index contributed by atoms with van der Waals surface area (Å²) < 4.78 is 28.4. The minimum Gasteiger partial charge on any atom is -0.356 e. The Bertz CT molecular complexity index is 950. The summed E-state index contributed by atoms with van der Waals surface area (Å²) in [5.41, 5.74) is 1.38. The van der Waals surface area contributed by atoms with Gasteiger partial charge in [-0.05, 0) is 37.8 Å². The number of carbonyl (C=O) groups excluding carboxylic acids is 1. The molecular formula is C22H25F2N5O. The molecule has 0 radical (unpaired) electrons.